The number of fused-ring (bicyclic) bond motifs is 1. The zero-order chi connectivity index (χ0) is 23.9. The lowest BCUT2D eigenvalue weighted by Crippen LogP contribution is -2.20. The van der Waals surface area contributed by atoms with Crippen LogP contribution in [-0.2, 0) is 11.3 Å². The van der Waals surface area contributed by atoms with E-state index in [1.807, 2.05) is 44.2 Å². The average molecular weight is 460 g/mol. The second kappa shape index (κ2) is 10.5. The Labute approximate surface area is 196 Å². The number of anilines is 2. The van der Waals surface area contributed by atoms with Gasteiger partial charge in [-0.2, -0.15) is 0 Å². The molecule has 0 bridgehead atoms. The summed E-state index contributed by atoms with van der Waals surface area (Å²) in [4.78, 5) is 25.5. The highest BCUT2D eigenvalue weighted by Crippen LogP contribution is 2.37. The molecule has 0 aliphatic carbocycles. The first kappa shape index (κ1) is 22.8. The van der Waals surface area contributed by atoms with Crippen molar-refractivity contribution in [2.45, 2.75) is 20.4 Å². The monoisotopic (exact) mass is 459 g/mol. The third kappa shape index (κ3) is 5.15. The maximum Gasteiger partial charge on any atom is 0.255 e. The number of aromatic nitrogens is 3. The third-order valence-corrected chi connectivity index (χ3v) is 4.95. The van der Waals surface area contributed by atoms with Gasteiger partial charge in [0.2, 0.25) is 5.91 Å². The van der Waals surface area contributed by atoms with Crippen LogP contribution in [0, 0.1) is 0 Å². The molecular weight excluding hydrogens is 434 g/mol. The minimum absolute atomic E-state index is 0.0253. The van der Waals surface area contributed by atoms with E-state index in [1.165, 1.54) is 4.68 Å². The van der Waals surface area contributed by atoms with Gasteiger partial charge in [0.05, 0.1) is 30.1 Å². The molecule has 3 aromatic carbocycles. The van der Waals surface area contributed by atoms with Gasteiger partial charge in [-0.25, -0.2) is 4.68 Å². The van der Waals surface area contributed by atoms with Gasteiger partial charge in [0.1, 0.15) is 23.6 Å². The number of hydrogen-bond donors (Lipinski definition) is 2. The molecule has 0 radical (unpaired) electrons. The lowest BCUT2D eigenvalue weighted by molar-refractivity contribution is -0.116. The van der Waals surface area contributed by atoms with E-state index in [0.29, 0.717) is 47.2 Å². The van der Waals surface area contributed by atoms with E-state index in [1.54, 1.807) is 36.4 Å². The van der Waals surface area contributed by atoms with Crippen LogP contribution in [0.4, 0.5) is 11.4 Å². The van der Waals surface area contributed by atoms with Crippen LogP contribution in [0.3, 0.4) is 0 Å². The molecule has 34 heavy (non-hydrogen) atoms. The van der Waals surface area contributed by atoms with Crippen LogP contribution in [0.15, 0.2) is 66.7 Å². The molecule has 9 heteroatoms. The van der Waals surface area contributed by atoms with Gasteiger partial charge in [-0.15, -0.1) is 5.10 Å². The SMILES string of the molecule is CCOc1cc(NC(=O)c2ccccc2)c(OCC)cc1NC(=O)Cn1nnc2ccccc21. The van der Waals surface area contributed by atoms with Crippen LogP contribution in [0.2, 0.25) is 0 Å². The summed E-state index contributed by atoms with van der Waals surface area (Å²) in [6, 6.07) is 19.6. The molecule has 0 saturated carbocycles. The quantitative estimate of drug-likeness (QED) is 0.390. The number of carbonyl (C=O) groups excluding carboxylic acids is 2. The van der Waals surface area contributed by atoms with Gasteiger partial charge in [-0.1, -0.05) is 35.5 Å². The summed E-state index contributed by atoms with van der Waals surface area (Å²) in [7, 11) is 0. The highest BCUT2D eigenvalue weighted by molar-refractivity contribution is 6.05. The fourth-order valence-corrected chi connectivity index (χ4v) is 3.45. The van der Waals surface area contributed by atoms with Crippen LogP contribution in [-0.4, -0.2) is 40.0 Å². The molecule has 9 nitrogen and oxygen atoms in total. The number of ether oxygens (including phenoxy) is 2. The van der Waals surface area contributed by atoms with Gasteiger partial charge < -0.3 is 20.1 Å². The van der Waals surface area contributed by atoms with E-state index in [9.17, 15) is 9.59 Å². The fourth-order valence-electron chi connectivity index (χ4n) is 3.45. The standard InChI is InChI=1S/C25H25N5O4/c1-3-33-22-15-20(27-25(32)17-10-6-5-7-11-17)23(34-4-2)14-19(22)26-24(31)16-30-21-13-9-8-12-18(21)28-29-30/h5-15H,3-4,16H2,1-2H3,(H,26,31)(H,27,32). The predicted molar refractivity (Wildman–Crippen MR) is 129 cm³/mol. The van der Waals surface area contributed by atoms with Crippen molar-refractivity contribution in [1.29, 1.82) is 0 Å². The Morgan fingerprint density at radius 1 is 0.853 bits per heavy atom. The molecule has 174 valence electrons. The molecule has 2 amide bonds. The van der Waals surface area contributed by atoms with Gasteiger partial charge in [0.15, 0.2) is 0 Å². The fraction of sp³-hybridized carbons (Fsp3) is 0.200. The van der Waals surface area contributed by atoms with Crippen molar-refractivity contribution in [3.05, 3.63) is 72.3 Å². The van der Waals surface area contributed by atoms with Crippen molar-refractivity contribution >= 4 is 34.2 Å². The minimum Gasteiger partial charge on any atom is -0.492 e. The predicted octanol–water partition coefficient (Wildman–Crippen LogP) is 4.12. The van der Waals surface area contributed by atoms with Crippen molar-refractivity contribution in [2.24, 2.45) is 0 Å². The van der Waals surface area contributed by atoms with Crippen molar-refractivity contribution in [2.75, 3.05) is 23.8 Å². The van der Waals surface area contributed by atoms with Gasteiger partial charge in [0.25, 0.3) is 5.91 Å². The molecule has 0 unspecified atom stereocenters. The molecule has 0 atom stereocenters. The Morgan fingerprint density at radius 3 is 2.15 bits per heavy atom. The third-order valence-electron chi connectivity index (χ3n) is 4.95. The van der Waals surface area contributed by atoms with Gasteiger partial charge in [0, 0.05) is 17.7 Å². The molecule has 1 aromatic heterocycles. The molecule has 0 spiro atoms. The van der Waals surface area contributed by atoms with Gasteiger partial charge in [-0.3, -0.25) is 9.59 Å². The minimum atomic E-state index is -0.305. The number of rotatable bonds is 9. The molecule has 2 N–H and O–H groups in total. The lowest BCUT2D eigenvalue weighted by atomic mass is 10.2. The van der Waals surface area contributed by atoms with E-state index >= 15 is 0 Å². The summed E-state index contributed by atoms with van der Waals surface area (Å²) >= 11 is 0. The molecule has 0 aliphatic heterocycles. The normalized spacial score (nSPS) is 10.6. The molecule has 4 aromatic rings. The zero-order valence-electron chi connectivity index (χ0n) is 18.9. The van der Waals surface area contributed by atoms with E-state index < -0.39 is 0 Å². The molecule has 4 rings (SSSR count). The van der Waals surface area contributed by atoms with Gasteiger partial charge >= 0.3 is 0 Å². The van der Waals surface area contributed by atoms with Crippen molar-refractivity contribution < 1.29 is 19.1 Å². The van der Waals surface area contributed by atoms with Crippen LogP contribution >= 0.6 is 0 Å². The topological polar surface area (TPSA) is 107 Å². The van der Waals surface area contributed by atoms with E-state index in [2.05, 4.69) is 20.9 Å². The lowest BCUT2D eigenvalue weighted by Gasteiger charge is -2.18. The van der Waals surface area contributed by atoms with Crippen LogP contribution in [0.1, 0.15) is 24.2 Å². The Bertz CT molecular complexity index is 1300. The summed E-state index contributed by atoms with van der Waals surface area (Å²) in [6.45, 7) is 4.40. The molecule has 0 aliphatic rings. The van der Waals surface area contributed by atoms with Gasteiger partial charge in [-0.05, 0) is 38.1 Å². The summed E-state index contributed by atoms with van der Waals surface area (Å²) in [5.74, 6) is 0.238. The highest BCUT2D eigenvalue weighted by Gasteiger charge is 2.18. The Morgan fingerprint density at radius 2 is 1.47 bits per heavy atom. The van der Waals surface area contributed by atoms with E-state index in [0.717, 1.165) is 5.52 Å². The highest BCUT2D eigenvalue weighted by atomic mass is 16.5. The number of nitrogens with one attached hydrogen (secondary N) is 2. The Balaban J connectivity index is 1.59. The molecular formula is C25H25N5O4. The summed E-state index contributed by atoms with van der Waals surface area (Å²) in [5, 5.41) is 13.9. The Kier molecular flexibility index (Phi) is 7.02. The van der Waals surface area contributed by atoms with E-state index in [4.69, 9.17) is 9.47 Å². The number of carbonyl (C=O) groups is 2. The Hall–Kier alpha value is -4.40. The molecule has 1 heterocycles. The maximum atomic E-state index is 12.8. The summed E-state index contributed by atoms with van der Waals surface area (Å²) in [5.41, 5.74) is 2.86. The first-order chi connectivity index (χ1) is 16.6. The smallest absolute Gasteiger partial charge is 0.255 e. The number of nitrogens with zero attached hydrogens (tertiary/aromatic N) is 3. The first-order valence-electron chi connectivity index (χ1n) is 11.0. The number of hydrogen-bond acceptors (Lipinski definition) is 6. The van der Waals surface area contributed by atoms with E-state index in [-0.39, 0.29) is 18.4 Å². The first-order valence-corrected chi connectivity index (χ1v) is 11.0. The molecule has 0 fully saturated rings. The number of benzene rings is 3. The van der Waals surface area contributed by atoms with Crippen molar-refractivity contribution in [3.63, 3.8) is 0 Å². The largest absolute Gasteiger partial charge is 0.492 e. The van der Waals surface area contributed by atoms with Crippen molar-refractivity contribution in [1.82, 2.24) is 15.0 Å². The average Bonchev–Trinajstić information content (AvgIpc) is 3.25. The van der Waals surface area contributed by atoms with Crippen LogP contribution in [0.5, 0.6) is 11.5 Å². The van der Waals surface area contributed by atoms with Crippen LogP contribution < -0.4 is 20.1 Å². The summed E-state index contributed by atoms with van der Waals surface area (Å²) in [6.07, 6.45) is 0. The second-order valence-electron chi connectivity index (χ2n) is 7.31. The second-order valence-corrected chi connectivity index (χ2v) is 7.31. The number of para-hydroxylation sites is 1. The maximum absolute atomic E-state index is 12.8. The van der Waals surface area contributed by atoms with Crippen LogP contribution in [0.25, 0.3) is 11.0 Å². The number of amides is 2. The van der Waals surface area contributed by atoms with Crippen molar-refractivity contribution in [3.8, 4) is 11.5 Å². The zero-order valence-corrected chi connectivity index (χ0v) is 18.9. The molecule has 0 saturated heterocycles. The summed E-state index contributed by atoms with van der Waals surface area (Å²) < 4.78 is 13.0.